The number of hydrogen-bond donors (Lipinski definition) is 1. The Hall–Kier alpha value is -2.50. The van der Waals surface area contributed by atoms with Crippen molar-refractivity contribution >= 4 is 11.7 Å². The molecule has 1 aromatic heterocycles. The first kappa shape index (κ1) is 17.3. The number of amides is 1. The van der Waals surface area contributed by atoms with E-state index in [1.165, 1.54) is 18.8 Å². The van der Waals surface area contributed by atoms with Gasteiger partial charge in [0.05, 0.1) is 0 Å². The molecule has 2 heterocycles. The monoisotopic (exact) mass is 342 g/mol. The largest absolute Gasteiger partial charge is 0.354 e. The Bertz CT molecular complexity index is 737. The molecular weight excluding hydrogens is 319 g/mol. The third-order valence-corrected chi connectivity index (χ3v) is 4.68. The van der Waals surface area contributed by atoms with Gasteiger partial charge in [0, 0.05) is 30.8 Å². The second-order valence-electron chi connectivity index (χ2n) is 6.29. The normalized spacial score (nSPS) is 17.4. The quantitative estimate of drug-likeness (QED) is 0.906. The number of nitrogens with one attached hydrogen (secondary N) is 1. The van der Waals surface area contributed by atoms with E-state index in [1.807, 2.05) is 0 Å². The van der Waals surface area contributed by atoms with E-state index in [0.29, 0.717) is 17.3 Å². The molecule has 1 aliphatic rings. The van der Waals surface area contributed by atoms with Crippen molar-refractivity contribution < 1.29 is 9.18 Å². The van der Waals surface area contributed by atoms with Crippen molar-refractivity contribution in [1.82, 2.24) is 15.3 Å². The fourth-order valence-corrected chi connectivity index (χ4v) is 3.26. The number of hydrogen-bond acceptors (Lipinski definition) is 4. The maximum absolute atomic E-state index is 13.6. The van der Waals surface area contributed by atoms with Crippen LogP contribution in [0.4, 0.5) is 10.2 Å². The van der Waals surface area contributed by atoms with Gasteiger partial charge in [-0.3, -0.25) is 4.79 Å². The van der Waals surface area contributed by atoms with Crippen LogP contribution in [-0.4, -0.2) is 28.5 Å². The number of piperidine rings is 1. The van der Waals surface area contributed by atoms with Crippen LogP contribution in [0.25, 0.3) is 0 Å². The molecule has 5 nitrogen and oxygen atoms in total. The lowest BCUT2D eigenvalue weighted by molar-refractivity contribution is 0.0945. The predicted molar refractivity (Wildman–Crippen MR) is 94.9 cm³/mol. The molecule has 1 N–H and O–H groups in total. The first-order valence-electron chi connectivity index (χ1n) is 8.79. The van der Waals surface area contributed by atoms with Crippen LogP contribution in [0, 0.1) is 5.82 Å². The van der Waals surface area contributed by atoms with Gasteiger partial charge < -0.3 is 10.2 Å². The second kappa shape index (κ2) is 8.05. The Morgan fingerprint density at radius 2 is 2.16 bits per heavy atom. The number of anilines is 1. The van der Waals surface area contributed by atoms with E-state index in [-0.39, 0.29) is 18.3 Å². The molecule has 0 spiro atoms. The Labute approximate surface area is 147 Å². The molecule has 1 unspecified atom stereocenters. The molecule has 0 aliphatic carbocycles. The van der Waals surface area contributed by atoms with Gasteiger partial charge in [0.25, 0.3) is 5.91 Å². The van der Waals surface area contributed by atoms with Crippen LogP contribution >= 0.6 is 0 Å². The Morgan fingerprint density at radius 3 is 2.96 bits per heavy atom. The van der Waals surface area contributed by atoms with Gasteiger partial charge in [-0.15, -0.1) is 0 Å². The molecule has 1 aliphatic heterocycles. The van der Waals surface area contributed by atoms with Crippen LogP contribution in [0.3, 0.4) is 0 Å². The fraction of sp³-hybridized carbons (Fsp3) is 0.421. The summed E-state index contributed by atoms with van der Waals surface area (Å²) >= 11 is 0. The lowest BCUT2D eigenvalue weighted by Gasteiger charge is -2.36. The summed E-state index contributed by atoms with van der Waals surface area (Å²) in [6.45, 7) is 3.25. The van der Waals surface area contributed by atoms with Crippen molar-refractivity contribution in [2.75, 3.05) is 11.4 Å². The summed E-state index contributed by atoms with van der Waals surface area (Å²) in [4.78, 5) is 23.1. The predicted octanol–water partition coefficient (Wildman–Crippen LogP) is 3.31. The fourth-order valence-electron chi connectivity index (χ4n) is 3.26. The standard InChI is InChI=1S/C19H23FN4O/c1-2-15-8-5-6-10-24(15)18-11-17(22-13-23-18)19(25)21-12-14-7-3-4-9-16(14)20/h3-4,7,9,11,13,15H,2,5-6,8,10,12H2,1H3,(H,21,25). The third kappa shape index (κ3) is 4.13. The van der Waals surface area contributed by atoms with Crippen LogP contribution in [0.5, 0.6) is 0 Å². The van der Waals surface area contributed by atoms with Crippen molar-refractivity contribution in [3.63, 3.8) is 0 Å². The van der Waals surface area contributed by atoms with Crippen LogP contribution in [-0.2, 0) is 6.54 Å². The van der Waals surface area contributed by atoms with Crippen molar-refractivity contribution in [2.24, 2.45) is 0 Å². The first-order chi connectivity index (χ1) is 12.2. The third-order valence-electron chi connectivity index (χ3n) is 4.68. The zero-order chi connectivity index (χ0) is 17.6. The molecule has 1 saturated heterocycles. The average molecular weight is 342 g/mol. The highest BCUT2D eigenvalue weighted by Gasteiger charge is 2.23. The molecule has 1 aromatic carbocycles. The van der Waals surface area contributed by atoms with Gasteiger partial charge in [0.15, 0.2) is 0 Å². The van der Waals surface area contributed by atoms with Gasteiger partial charge >= 0.3 is 0 Å². The molecule has 25 heavy (non-hydrogen) atoms. The summed E-state index contributed by atoms with van der Waals surface area (Å²) in [7, 11) is 0. The van der Waals surface area contributed by atoms with E-state index in [4.69, 9.17) is 0 Å². The molecule has 1 amide bonds. The summed E-state index contributed by atoms with van der Waals surface area (Å²) in [5.41, 5.74) is 0.758. The van der Waals surface area contributed by atoms with Gasteiger partial charge in [0.2, 0.25) is 0 Å². The van der Waals surface area contributed by atoms with Gasteiger partial charge in [-0.25, -0.2) is 14.4 Å². The van der Waals surface area contributed by atoms with E-state index in [9.17, 15) is 9.18 Å². The van der Waals surface area contributed by atoms with Crippen LogP contribution < -0.4 is 10.2 Å². The molecule has 3 rings (SSSR count). The van der Waals surface area contributed by atoms with Gasteiger partial charge in [0.1, 0.15) is 23.7 Å². The van der Waals surface area contributed by atoms with Crippen molar-refractivity contribution in [3.05, 3.63) is 53.7 Å². The molecule has 6 heteroatoms. The summed E-state index contributed by atoms with van der Waals surface area (Å²) in [5.74, 6) is 0.139. The second-order valence-corrected chi connectivity index (χ2v) is 6.29. The topological polar surface area (TPSA) is 58.1 Å². The lowest BCUT2D eigenvalue weighted by Crippen LogP contribution is -2.39. The molecule has 0 radical (unpaired) electrons. The van der Waals surface area contributed by atoms with Crippen LogP contribution in [0.15, 0.2) is 36.7 Å². The van der Waals surface area contributed by atoms with E-state index >= 15 is 0 Å². The molecule has 2 aromatic rings. The van der Waals surface area contributed by atoms with Gasteiger partial charge in [-0.1, -0.05) is 25.1 Å². The SMILES string of the molecule is CCC1CCCCN1c1cc(C(=O)NCc2ccccc2F)ncn1. The molecule has 132 valence electrons. The summed E-state index contributed by atoms with van der Waals surface area (Å²) < 4.78 is 13.6. The number of carbonyl (C=O) groups excluding carboxylic acids is 1. The maximum Gasteiger partial charge on any atom is 0.270 e. The van der Waals surface area contributed by atoms with Crippen LogP contribution in [0.2, 0.25) is 0 Å². The lowest BCUT2D eigenvalue weighted by atomic mass is 10.00. The molecule has 1 fully saturated rings. The summed E-state index contributed by atoms with van der Waals surface area (Å²) in [6.07, 6.45) is 5.99. The van der Waals surface area contributed by atoms with Crippen molar-refractivity contribution in [1.29, 1.82) is 0 Å². The Morgan fingerprint density at radius 1 is 1.32 bits per heavy atom. The van der Waals surface area contributed by atoms with E-state index in [0.717, 1.165) is 31.6 Å². The van der Waals surface area contributed by atoms with Crippen LogP contribution in [0.1, 0.15) is 48.7 Å². The minimum Gasteiger partial charge on any atom is -0.354 e. The highest BCUT2D eigenvalue weighted by atomic mass is 19.1. The van der Waals surface area contributed by atoms with E-state index in [2.05, 4.69) is 27.1 Å². The maximum atomic E-state index is 13.6. The molecular formula is C19H23FN4O. The smallest absolute Gasteiger partial charge is 0.270 e. The van der Waals surface area contributed by atoms with Crippen molar-refractivity contribution in [2.45, 2.75) is 45.2 Å². The van der Waals surface area contributed by atoms with E-state index < -0.39 is 0 Å². The Balaban J connectivity index is 1.70. The Kier molecular flexibility index (Phi) is 5.58. The van der Waals surface area contributed by atoms with Crippen molar-refractivity contribution in [3.8, 4) is 0 Å². The molecule has 0 saturated carbocycles. The highest BCUT2D eigenvalue weighted by Crippen LogP contribution is 2.25. The first-order valence-corrected chi connectivity index (χ1v) is 8.79. The highest BCUT2D eigenvalue weighted by molar-refractivity contribution is 5.92. The number of rotatable bonds is 5. The number of benzene rings is 1. The van der Waals surface area contributed by atoms with Gasteiger partial charge in [-0.2, -0.15) is 0 Å². The zero-order valence-corrected chi connectivity index (χ0v) is 14.4. The number of carbonyl (C=O) groups is 1. The summed E-state index contributed by atoms with van der Waals surface area (Å²) in [5, 5.41) is 2.72. The number of halogens is 1. The molecule has 0 bridgehead atoms. The minimum atomic E-state index is -0.328. The number of nitrogens with zero attached hydrogens (tertiary/aromatic N) is 3. The number of aromatic nitrogens is 2. The van der Waals surface area contributed by atoms with E-state index in [1.54, 1.807) is 24.3 Å². The van der Waals surface area contributed by atoms with Gasteiger partial charge in [-0.05, 0) is 31.7 Å². The summed E-state index contributed by atoms with van der Waals surface area (Å²) in [6, 6.07) is 8.59. The minimum absolute atomic E-state index is 0.131. The zero-order valence-electron chi connectivity index (χ0n) is 14.4. The average Bonchev–Trinajstić information content (AvgIpc) is 2.67. The molecule has 1 atom stereocenters.